The monoisotopic (exact) mass is 311 g/mol. The number of fused-ring (bicyclic) bond motifs is 1. The number of hydrogen-bond donors (Lipinski definition) is 1. The summed E-state index contributed by atoms with van der Waals surface area (Å²) in [5.74, 6) is 1.63. The first-order chi connectivity index (χ1) is 11.2. The fourth-order valence-electron chi connectivity index (χ4n) is 2.66. The largest absolute Gasteiger partial charge is 0.454 e. The van der Waals surface area contributed by atoms with E-state index >= 15 is 0 Å². The summed E-state index contributed by atoms with van der Waals surface area (Å²) in [6.45, 7) is 2.87. The number of carbonyl (C=O) groups excluding carboxylic acids is 1. The molecule has 23 heavy (non-hydrogen) atoms. The number of ether oxygens (including phenoxy) is 2. The minimum Gasteiger partial charge on any atom is -0.454 e. The lowest BCUT2D eigenvalue weighted by molar-refractivity contribution is -0.124. The van der Waals surface area contributed by atoms with Gasteiger partial charge in [0.2, 0.25) is 12.7 Å². The molecule has 1 aliphatic rings. The molecule has 1 unspecified atom stereocenters. The molecule has 0 aliphatic carbocycles. The van der Waals surface area contributed by atoms with Crippen molar-refractivity contribution in [3.8, 4) is 11.5 Å². The van der Waals surface area contributed by atoms with Crippen LogP contribution in [0.2, 0.25) is 0 Å². The molecule has 3 rings (SSSR count). The zero-order valence-corrected chi connectivity index (χ0v) is 13.2. The molecule has 4 heteroatoms. The molecule has 1 heterocycles. The lowest BCUT2D eigenvalue weighted by atomic mass is 10.0. The minimum atomic E-state index is -0.0332. The van der Waals surface area contributed by atoms with Crippen LogP contribution in [0.25, 0.3) is 0 Å². The SMILES string of the molecule is CC(Cc1ccccc1)C(=O)NCCc1ccc2c(c1)OCO2. The Bertz CT molecular complexity index is 670. The van der Waals surface area contributed by atoms with E-state index in [0.717, 1.165) is 29.9 Å². The first-order valence-electron chi connectivity index (χ1n) is 7.92. The lowest BCUT2D eigenvalue weighted by Crippen LogP contribution is -2.31. The summed E-state index contributed by atoms with van der Waals surface area (Å²) in [5, 5.41) is 3.01. The fourth-order valence-corrected chi connectivity index (χ4v) is 2.66. The van der Waals surface area contributed by atoms with Gasteiger partial charge in [0.15, 0.2) is 11.5 Å². The van der Waals surface area contributed by atoms with Crippen LogP contribution in [0.4, 0.5) is 0 Å². The van der Waals surface area contributed by atoms with Crippen LogP contribution in [-0.4, -0.2) is 19.2 Å². The Hall–Kier alpha value is -2.49. The zero-order chi connectivity index (χ0) is 16.1. The van der Waals surface area contributed by atoms with Gasteiger partial charge in [-0.05, 0) is 36.1 Å². The summed E-state index contributed by atoms with van der Waals surface area (Å²) in [6.07, 6.45) is 1.54. The van der Waals surface area contributed by atoms with Crippen LogP contribution in [0.1, 0.15) is 18.1 Å². The smallest absolute Gasteiger partial charge is 0.231 e. The summed E-state index contributed by atoms with van der Waals surface area (Å²) in [6, 6.07) is 16.0. The number of amides is 1. The topological polar surface area (TPSA) is 47.6 Å². The Morgan fingerprint density at radius 3 is 2.70 bits per heavy atom. The third-order valence-corrected chi connectivity index (χ3v) is 3.98. The fraction of sp³-hybridized carbons (Fsp3) is 0.316. The van der Waals surface area contributed by atoms with Gasteiger partial charge < -0.3 is 14.8 Å². The summed E-state index contributed by atoms with van der Waals surface area (Å²) in [7, 11) is 0. The van der Waals surface area contributed by atoms with Gasteiger partial charge in [0, 0.05) is 12.5 Å². The first-order valence-corrected chi connectivity index (χ1v) is 7.92. The van der Waals surface area contributed by atoms with E-state index in [1.807, 2.05) is 43.3 Å². The molecule has 0 bridgehead atoms. The normalized spacial score (nSPS) is 13.6. The number of nitrogens with one attached hydrogen (secondary N) is 1. The molecular weight excluding hydrogens is 290 g/mol. The number of rotatable bonds is 6. The van der Waals surface area contributed by atoms with Crippen molar-refractivity contribution < 1.29 is 14.3 Å². The molecule has 1 amide bonds. The van der Waals surface area contributed by atoms with Crippen molar-refractivity contribution in [3.63, 3.8) is 0 Å². The Morgan fingerprint density at radius 2 is 1.87 bits per heavy atom. The van der Waals surface area contributed by atoms with Crippen LogP contribution in [-0.2, 0) is 17.6 Å². The molecule has 0 spiro atoms. The predicted octanol–water partition coefficient (Wildman–Crippen LogP) is 2.95. The third-order valence-electron chi connectivity index (χ3n) is 3.98. The van der Waals surface area contributed by atoms with Gasteiger partial charge in [-0.25, -0.2) is 0 Å². The molecule has 0 aromatic heterocycles. The molecule has 2 aromatic rings. The van der Waals surface area contributed by atoms with Crippen LogP contribution < -0.4 is 14.8 Å². The van der Waals surface area contributed by atoms with Crippen LogP contribution in [0.15, 0.2) is 48.5 Å². The maximum atomic E-state index is 12.2. The Labute approximate surface area is 136 Å². The highest BCUT2D eigenvalue weighted by Gasteiger charge is 2.15. The van der Waals surface area contributed by atoms with Gasteiger partial charge in [-0.3, -0.25) is 4.79 Å². The van der Waals surface area contributed by atoms with E-state index in [9.17, 15) is 4.79 Å². The van der Waals surface area contributed by atoms with E-state index in [-0.39, 0.29) is 18.6 Å². The molecule has 0 fully saturated rings. The molecule has 0 saturated carbocycles. The average molecular weight is 311 g/mol. The van der Waals surface area contributed by atoms with Crippen molar-refractivity contribution in [2.45, 2.75) is 19.8 Å². The predicted molar refractivity (Wildman–Crippen MR) is 88.6 cm³/mol. The molecule has 4 nitrogen and oxygen atoms in total. The second-order valence-corrected chi connectivity index (χ2v) is 5.82. The van der Waals surface area contributed by atoms with E-state index in [1.165, 1.54) is 5.56 Å². The van der Waals surface area contributed by atoms with Crippen molar-refractivity contribution in [1.82, 2.24) is 5.32 Å². The summed E-state index contributed by atoms with van der Waals surface area (Å²) in [4.78, 5) is 12.2. The molecular formula is C19H21NO3. The molecule has 0 saturated heterocycles. The van der Waals surface area contributed by atoms with Crippen LogP contribution in [0, 0.1) is 5.92 Å². The molecule has 1 N–H and O–H groups in total. The Morgan fingerprint density at radius 1 is 1.09 bits per heavy atom. The van der Waals surface area contributed by atoms with Crippen LogP contribution in [0.3, 0.4) is 0 Å². The van der Waals surface area contributed by atoms with Crippen LogP contribution >= 0.6 is 0 Å². The van der Waals surface area contributed by atoms with Gasteiger partial charge in [0.05, 0.1) is 0 Å². The van der Waals surface area contributed by atoms with E-state index in [1.54, 1.807) is 0 Å². The highest BCUT2D eigenvalue weighted by atomic mass is 16.7. The van der Waals surface area contributed by atoms with Crippen molar-refractivity contribution in [3.05, 3.63) is 59.7 Å². The Kier molecular flexibility index (Phi) is 4.81. The quantitative estimate of drug-likeness (QED) is 0.892. The van der Waals surface area contributed by atoms with E-state index in [4.69, 9.17) is 9.47 Å². The van der Waals surface area contributed by atoms with Gasteiger partial charge in [-0.1, -0.05) is 43.3 Å². The van der Waals surface area contributed by atoms with Gasteiger partial charge in [-0.15, -0.1) is 0 Å². The van der Waals surface area contributed by atoms with Crippen molar-refractivity contribution in [2.75, 3.05) is 13.3 Å². The highest BCUT2D eigenvalue weighted by molar-refractivity contribution is 5.78. The van der Waals surface area contributed by atoms with E-state index in [0.29, 0.717) is 6.54 Å². The molecule has 2 aromatic carbocycles. The molecule has 1 atom stereocenters. The number of carbonyl (C=O) groups is 1. The maximum Gasteiger partial charge on any atom is 0.231 e. The van der Waals surface area contributed by atoms with Gasteiger partial charge in [0.25, 0.3) is 0 Å². The van der Waals surface area contributed by atoms with Crippen molar-refractivity contribution >= 4 is 5.91 Å². The second-order valence-electron chi connectivity index (χ2n) is 5.82. The first kappa shape index (κ1) is 15.4. The van der Waals surface area contributed by atoms with Gasteiger partial charge >= 0.3 is 0 Å². The second kappa shape index (κ2) is 7.18. The van der Waals surface area contributed by atoms with Crippen molar-refractivity contribution in [2.24, 2.45) is 5.92 Å². The molecule has 1 aliphatic heterocycles. The Balaban J connectivity index is 1.45. The van der Waals surface area contributed by atoms with Gasteiger partial charge in [0.1, 0.15) is 0 Å². The molecule has 120 valence electrons. The zero-order valence-electron chi connectivity index (χ0n) is 13.2. The lowest BCUT2D eigenvalue weighted by Gasteiger charge is -2.12. The third kappa shape index (κ3) is 4.03. The average Bonchev–Trinajstić information content (AvgIpc) is 3.03. The number of benzene rings is 2. The maximum absolute atomic E-state index is 12.2. The molecule has 0 radical (unpaired) electrons. The van der Waals surface area contributed by atoms with E-state index < -0.39 is 0 Å². The highest BCUT2D eigenvalue weighted by Crippen LogP contribution is 2.32. The van der Waals surface area contributed by atoms with Crippen molar-refractivity contribution in [1.29, 1.82) is 0 Å². The minimum absolute atomic E-state index is 0.0332. The standard InChI is InChI=1S/C19H21NO3/c1-14(11-15-5-3-2-4-6-15)19(21)20-10-9-16-7-8-17-18(12-16)23-13-22-17/h2-8,12,14H,9-11,13H2,1H3,(H,20,21). The summed E-state index contributed by atoms with van der Waals surface area (Å²) < 4.78 is 10.7. The summed E-state index contributed by atoms with van der Waals surface area (Å²) in [5.41, 5.74) is 2.32. The van der Waals surface area contributed by atoms with E-state index in [2.05, 4.69) is 17.4 Å². The summed E-state index contributed by atoms with van der Waals surface area (Å²) >= 11 is 0. The van der Waals surface area contributed by atoms with Gasteiger partial charge in [-0.2, -0.15) is 0 Å². The van der Waals surface area contributed by atoms with Crippen LogP contribution in [0.5, 0.6) is 11.5 Å². The number of hydrogen-bond acceptors (Lipinski definition) is 3.